The van der Waals surface area contributed by atoms with Gasteiger partial charge in [-0.3, -0.25) is 0 Å². The lowest BCUT2D eigenvalue weighted by molar-refractivity contribution is 0.101. The molecule has 0 heterocycles. The quantitative estimate of drug-likeness (QED) is 0.677. The summed E-state index contributed by atoms with van der Waals surface area (Å²) in [6, 6.07) is 3.63. The summed E-state index contributed by atoms with van der Waals surface area (Å²) in [6.45, 7) is 5.37. The van der Waals surface area contributed by atoms with Gasteiger partial charge in [-0.2, -0.15) is 0 Å². The SMILES string of the molecule is CCC(CC)C(O)CNCc1cc(Br)c(O)c(OC)c1. The molecule has 0 aliphatic heterocycles. The summed E-state index contributed by atoms with van der Waals surface area (Å²) in [5.41, 5.74) is 0.989. The number of aromatic hydroxyl groups is 1. The fourth-order valence-corrected chi connectivity index (χ4v) is 2.74. The van der Waals surface area contributed by atoms with Crippen molar-refractivity contribution in [1.82, 2.24) is 5.32 Å². The third kappa shape index (κ3) is 4.65. The van der Waals surface area contributed by atoms with Crippen molar-refractivity contribution in [2.45, 2.75) is 39.3 Å². The van der Waals surface area contributed by atoms with Gasteiger partial charge in [0.05, 0.1) is 17.7 Å². The molecular weight excluding hydrogens is 322 g/mol. The molecule has 3 N–H and O–H groups in total. The van der Waals surface area contributed by atoms with E-state index in [2.05, 4.69) is 35.1 Å². The molecule has 1 atom stereocenters. The van der Waals surface area contributed by atoms with Gasteiger partial charge < -0.3 is 20.3 Å². The first-order chi connectivity index (χ1) is 9.53. The second kappa shape index (κ2) is 8.49. The van der Waals surface area contributed by atoms with Crippen LogP contribution >= 0.6 is 15.9 Å². The molecule has 4 nitrogen and oxygen atoms in total. The van der Waals surface area contributed by atoms with Crippen LogP contribution in [0.3, 0.4) is 0 Å². The summed E-state index contributed by atoms with van der Waals surface area (Å²) >= 11 is 3.30. The van der Waals surface area contributed by atoms with Crippen molar-refractivity contribution < 1.29 is 14.9 Å². The topological polar surface area (TPSA) is 61.7 Å². The normalized spacial score (nSPS) is 12.7. The first-order valence-corrected chi connectivity index (χ1v) is 7.76. The number of hydrogen-bond donors (Lipinski definition) is 3. The van der Waals surface area contributed by atoms with Gasteiger partial charge in [0.15, 0.2) is 11.5 Å². The molecule has 1 rings (SSSR count). The van der Waals surface area contributed by atoms with Crippen LogP contribution in [0.15, 0.2) is 16.6 Å². The van der Waals surface area contributed by atoms with Gasteiger partial charge >= 0.3 is 0 Å². The predicted molar refractivity (Wildman–Crippen MR) is 84.1 cm³/mol. The van der Waals surface area contributed by atoms with E-state index in [9.17, 15) is 10.2 Å². The Bertz CT molecular complexity index is 422. The fraction of sp³-hybridized carbons (Fsp3) is 0.600. The number of phenols is 1. The Morgan fingerprint density at radius 2 is 1.95 bits per heavy atom. The van der Waals surface area contributed by atoms with Gasteiger partial charge in [-0.15, -0.1) is 0 Å². The van der Waals surface area contributed by atoms with Crippen molar-refractivity contribution in [2.75, 3.05) is 13.7 Å². The number of halogens is 1. The summed E-state index contributed by atoms with van der Waals surface area (Å²) < 4.78 is 5.72. The summed E-state index contributed by atoms with van der Waals surface area (Å²) in [4.78, 5) is 0. The highest BCUT2D eigenvalue weighted by Crippen LogP contribution is 2.35. The molecule has 0 saturated carbocycles. The van der Waals surface area contributed by atoms with E-state index in [-0.39, 0.29) is 11.9 Å². The zero-order chi connectivity index (χ0) is 15.1. The van der Waals surface area contributed by atoms with E-state index in [1.807, 2.05) is 6.07 Å². The van der Waals surface area contributed by atoms with Crippen LogP contribution in [0.5, 0.6) is 11.5 Å². The van der Waals surface area contributed by atoms with Crippen molar-refractivity contribution in [3.05, 3.63) is 22.2 Å². The number of methoxy groups -OCH3 is 1. The first-order valence-electron chi connectivity index (χ1n) is 6.97. The van der Waals surface area contributed by atoms with Crippen molar-refractivity contribution in [3.8, 4) is 11.5 Å². The third-order valence-electron chi connectivity index (χ3n) is 3.58. The number of aliphatic hydroxyl groups is 1. The number of phenolic OH excluding ortho intramolecular Hbond substituents is 1. The zero-order valence-electron chi connectivity index (χ0n) is 12.3. The van der Waals surface area contributed by atoms with Crippen molar-refractivity contribution in [3.63, 3.8) is 0 Å². The van der Waals surface area contributed by atoms with Gasteiger partial charge in [-0.25, -0.2) is 0 Å². The standard InChI is InChI=1S/C15H24BrNO3/c1-4-11(5-2)13(18)9-17-8-10-6-12(16)15(19)14(7-10)20-3/h6-7,11,13,17-19H,4-5,8-9H2,1-3H3. The third-order valence-corrected chi connectivity index (χ3v) is 4.19. The van der Waals surface area contributed by atoms with E-state index in [0.717, 1.165) is 18.4 Å². The summed E-state index contributed by atoms with van der Waals surface area (Å²) in [5, 5.41) is 23.0. The average molecular weight is 346 g/mol. The highest BCUT2D eigenvalue weighted by molar-refractivity contribution is 9.10. The summed E-state index contributed by atoms with van der Waals surface area (Å²) in [5.74, 6) is 0.883. The molecule has 5 heteroatoms. The van der Waals surface area contributed by atoms with E-state index < -0.39 is 0 Å². The largest absolute Gasteiger partial charge is 0.503 e. The zero-order valence-corrected chi connectivity index (χ0v) is 13.9. The van der Waals surface area contributed by atoms with Gasteiger partial charge in [-0.1, -0.05) is 26.7 Å². The van der Waals surface area contributed by atoms with Gasteiger partial charge in [0.25, 0.3) is 0 Å². The van der Waals surface area contributed by atoms with Crippen molar-refractivity contribution in [1.29, 1.82) is 0 Å². The molecule has 0 fully saturated rings. The van der Waals surface area contributed by atoms with E-state index in [1.54, 1.807) is 6.07 Å². The maximum Gasteiger partial charge on any atom is 0.172 e. The number of hydrogen-bond acceptors (Lipinski definition) is 4. The number of aliphatic hydroxyl groups excluding tert-OH is 1. The average Bonchev–Trinajstić information content (AvgIpc) is 2.43. The second-order valence-electron chi connectivity index (χ2n) is 4.90. The Morgan fingerprint density at radius 3 is 2.50 bits per heavy atom. The minimum absolute atomic E-state index is 0.105. The van der Waals surface area contributed by atoms with Gasteiger partial charge in [0.1, 0.15) is 0 Å². The molecule has 1 aromatic carbocycles. The molecule has 0 saturated heterocycles. The van der Waals surface area contributed by atoms with Crippen LogP contribution in [0.2, 0.25) is 0 Å². The van der Waals surface area contributed by atoms with Gasteiger partial charge in [0, 0.05) is 13.1 Å². The highest BCUT2D eigenvalue weighted by atomic mass is 79.9. The van der Waals surface area contributed by atoms with Crippen LogP contribution in [0, 0.1) is 5.92 Å². The Kier molecular flexibility index (Phi) is 7.34. The molecule has 0 aliphatic carbocycles. The lowest BCUT2D eigenvalue weighted by atomic mass is 9.96. The summed E-state index contributed by atoms with van der Waals surface area (Å²) in [6.07, 6.45) is 1.64. The molecule has 1 aromatic rings. The Balaban J connectivity index is 2.56. The van der Waals surface area contributed by atoms with E-state index in [0.29, 0.717) is 29.2 Å². The molecule has 0 aromatic heterocycles. The smallest absolute Gasteiger partial charge is 0.172 e. The molecule has 0 bridgehead atoms. The van der Waals surface area contributed by atoms with Crippen LogP contribution in [-0.4, -0.2) is 30.0 Å². The van der Waals surface area contributed by atoms with Crippen LogP contribution in [-0.2, 0) is 6.54 Å². The maximum atomic E-state index is 10.0. The van der Waals surface area contributed by atoms with E-state index >= 15 is 0 Å². The second-order valence-corrected chi connectivity index (χ2v) is 5.76. The van der Waals surface area contributed by atoms with Crippen molar-refractivity contribution in [2.24, 2.45) is 5.92 Å². The van der Waals surface area contributed by atoms with Crippen molar-refractivity contribution >= 4 is 15.9 Å². The minimum Gasteiger partial charge on any atom is -0.503 e. The predicted octanol–water partition coefficient (Wildman–Crippen LogP) is 3.05. The molecule has 20 heavy (non-hydrogen) atoms. The number of rotatable bonds is 8. The molecule has 0 spiro atoms. The monoisotopic (exact) mass is 345 g/mol. The maximum absolute atomic E-state index is 10.0. The minimum atomic E-state index is -0.326. The Hall–Kier alpha value is -0.780. The number of ether oxygens (including phenoxy) is 1. The van der Waals surface area contributed by atoms with Crippen LogP contribution in [0.4, 0.5) is 0 Å². The summed E-state index contributed by atoms with van der Waals surface area (Å²) in [7, 11) is 1.52. The van der Waals surface area contributed by atoms with E-state index in [4.69, 9.17) is 4.74 Å². The van der Waals surface area contributed by atoms with Crippen LogP contribution in [0.1, 0.15) is 32.3 Å². The lowest BCUT2D eigenvalue weighted by Crippen LogP contribution is -2.32. The lowest BCUT2D eigenvalue weighted by Gasteiger charge is -2.20. The van der Waals surface area contributed by atoms with Gasteiger partial charge in [0.2, 0.25) is 0 Å². The first kappa shape index (κ1) is 17.3. The van der Waals surface area contributed by atoms with Gasteiger partial charge in [-0.05, 0) is 39.5 Å². The molecule has 114 valence electrons. The highest BCUT2D eigenvalue weighted by Gasteiger charge is 2.15. The van der Waals surface area contributed by atoms with Crippen LogP contribution < -0.4 is 10.1 Å². The Labute approximate surface area is 129 Å². The molecule has 1 unspecified atom stereocenters. The Morgan fingerprint density at radius 1 is 1.30 bits per heavy atom. The molecule has 0 aliphatic rings. The van der Waals surface area contributed by atoms with Crippen LogP contribution in [0.25, 0.3) is 0 Å². The number of benzene rings is 1. The number of nitrogens with one attached hydrogen (secondary N) is 1. The fourth-order valence-electron chi connectivity index (χ4n) is 2.25. The van der Waals surface area contributed by atoms with E-state index in [1.165, 1.54) is 7.11 Å². The molecular formula is C15H24BrNO3. The molecule has 0 amide bonds. The molecule has 0 radical (unpaired) electrons.